The van der Waals surface area contributed by atoms with E-state index in [2.05, 4.69) is 5.32 Å². The molecule has 3 aromatic rings. The van der Waals surface area contributed by atoms with E-state index in [9.17, 15) is 14.4 Å². The number of ether oxygens (including phenoxy) is 3. The van der Waals surface area contributed by atoms with Gasteiger partial charge in [0.25, 0.3) is 11.8 Å². The van der Waals surface area contributed by atoms with Crippen LogP contribution in [0.15, 0.2) is 78.4 Å². The molecule has 0 unspecified atom stereocenters. The second kappa shape index (κ2) is 10.8. The molecule has 36 heavy (non-hydrogen) atoms. The second-order valence-corrected chi connectivity index (χ2v) is 8.15. The molecule has 0 aromatic heterocycles. The Bertz CT molecular complexity index is 1350. The number of carbonyl (C=O) groups is 3. The quantitative estimate of drug-likeness (QED) is 0.279. The van der Waals surface area contributed by atoms with Gasteiger partial charge in [-0.2, -0.15) is 0 Å². The number of carbonyl (C=O) groups excluding carboxylic acids is 3. The van der Waals surface area contributed by atoms with Gasteiger partial charge in [-0.25, -0.2) is 0 Å². The van der Waals surface area contributed by atoms with Gasteiger partial charge < -0.3 is 14.2 Å². The molecule has 182 valence electrons. The Morgan fingerprint density at radius 1 is 0.972 bits per heavy atom. The molecule has 8 nitrogen and oxygen atoms in total. The summed E-state index contributed by atoms with van der Waals surface area (Å²) in [6, 6.07) is 20.9. The summed E-state index contributed by atoms with van der Waals surface area (Å²) in [5.41, 5.74) is 0.898. The van der Waals surface area contributed by atoms with Crippen molar-refractivity contribution in [3.8, 4) is 23.0 Å². The first-order chi connectivity index (χ1) is 17.4. The third kappa shape index (κ3) is 5.59. The highest BCUT2D eigenvalue weighted by molar-refractivity contribution is 7.80. The lowest BCUT2D eigenvalue weighted by molar-refractivity contribution is -0.122. The molecule has 0 radical (unpaired) electrons. The maximum atomic E-state index is 13.3. The zero-order chi connectivity index (χ0) is 25.7. The number of nitrogens with zero attached hydrogens (tertiary/aromatic N) is 1. The minimum absolute atomic E-state index is 0.0237. The zero-order valence-electron chi connectivity index (χ0n) is 19.5. The van der Waals surface area contributed by atoms with Crippen molar-refractivity contribution in [2.45, 2.75) is 6.92 Å². The Balaban J connectivity index is 1.57. The molecular weight excluding hydrogens is 480 g/mol. The maximum absolute atomic E-state index is 13.3. The van der Waals surface area contributed by atoms with Crippen molar-refractivity contribution in [3.63, 3.8) is 0 Å². The number of anilines is 1. The Kier molecular flexibility index (Phi) is 7.41. The Morgan fingerprint density at radius 2 is 1.67 bits per heavy atom. The molecule has 1 saturated heterocycles. The topological polar surface area (TPSA) is 94.2 Å². The van der Waals surface area contributed by atoms with E-state index >= 15 is 0 Å². The van der Waals surface area contributed by atoms with Crippen LogP contribution in [0.25, 0.3) is 6.08 Å². The predicted octanol–water partition coefficient (Wildman–Crippen LogP) is 4.29. The van der Waals surface area contributed by atoms with Gasteiger partial charge in [0.15, 0.2) is 22.4 Å². The van der Waals surface area contributed by atoms with E-state index in [0.29, 0.717) is 34.2 Å². The van der Waals surface area contributed by atoms with Crippen LogP contribution in [-0.4, -0.2) is 36.4 Å². The summed E-state index contributed by atoms with van der Waals surface area (Å²) >= 11 is 5.28. The third-order valence-corrected chi connectivity index (χ3v) is 5.39. The lowest BCUT2D eigenvalue weighted by Crippen LogP contribution is -2.54. The molecule has 9 heteroatoms. The normalized spacial score (nSPS) is 14.4. The Hall–Kier alpha value is -4.50. The van der Waals surface area contributed by atoms with Gasteiger partial charge in [0.1, 0.15) is 23.7 Å². The summed E-state index contributed by atoms with van der Waals surface area (Å²) < 4.78 is 16.6. The Labute approximate surface area is 213 Å². The third-order valence-electron chi connectivity index (χ3n) is 5.11. The molecule has 1 aliphatic heterocycles. The minimum atomic E-state index is -0.610. The highest BCUT2D eigenvalue weighted by Gasteiger charge is 2.34. The van der Waals surface area contributed by atoms with Gasteiger partial charge >= 0.3 is 0 Å². The van der Waals surface area contributed by atoms with Gasteiger partial charge in [0.05, 0.1) is 12.8 Å². The smallest absolute Gasteiger partial charge is 0.270 e. The summed E-state index contributed by atoms with van der Waals surface area (Å²) in [5, 5.41) is 2.54. The fraction of sp³-hybridized carbons (Fsp3) is 0.111. The van der Waals surface area contributed by atoms with Crippen molar-refractivity contribution < 1.29 is 28.6 Å². The largest absolute Gasteiger partial charge is 0.493 e. The number of Topliss-reactive ketones (excluding diaryl/α,β-unsaturated/α-hetero) is 1. The summed E-state index contributed by atoms with van der Waals surface area (Å²) in [4.78, 5) is 38.4. The summed E-state index contributed by atoms with van der Waals surface area (Å²) in [6.07, 6.45) is 1.44. The van der Waals surface area contributed by atoms with Crippen LogP contribution < -0.4 is 24.4 Å². The average Bonchev–Trinajstić information content (AvgIpc) is 2.87. The number of methoxy groups -OCH3 is 1. The molecule has 0 spiro atoms. The van der Waals surface area contributed by atoms with Gasteiger partial charge in [-0.05, 0) is 79.3 Å². The lowest BCUT2D eigenvalue weighted by Gasteiger charge is -2.29. The number of hydrogen-bond acceptors (Lipinski definition) is 7. The van der Waals surface area contributed by atoms with Gasteiger partial charge in [0.2, 0.25) is 0 Å². The van der Waals surface area contributed by atoms with E-state index in [1.807, 2.05) is 30.3 Å². The van der Waals surface area contributed by atoms with Gasteiger partial charge in [-0.1, -0.05) is 24.3 Å². The highest BCUT2D eigenvalue weighted by Crippen LogP contribution is 2.30. The van der Waals surface area contributed by atoms with Crippen LogP contribution in [0.5, 0.6) is 23.0 Å². The number of ketones is 1. The highest BCUT2D eigenvalue weighted by atomic mass is 32.1. The van der Waals surface area contributed by atoms with Crippen LogP contribution in [0, 0.1) is 0 Å². The number of thiocarbonyl (C=S) groups is 1. The molecule has 1 aliphatic rings. The lowest BCUT2D eigenvalue weighted by atomic mass is 10.1. The SMILES string of the molecule is COc1cc(C=C2C(=O)NC(=S)N(c3ccc(Oc4ccccc4)cc3)C2=O)ccc1OCC(C)=O. The minimum Gasteiger partial charge on any atom is -0.493 e. The first-order valence-corrected chi connectivity index (χ1v) is 11.3. The molecule has 1 N–H and O–H groups in total. The van der Waals surface area contributed by atoms with E-state index in [1.54, 1.807) is 42.5 Å². The molecule has 0 bridgehead atoms. The molecule has 4 rings (SSSR count). The van der Waals surface area contributed by atoms with Crippen molar-refractivity contribution in [1.29, 1.82) is 0 Å². The maximum Gasteiger partial charge on any atom is 0.270 e. The summed E-state index contributed by atoms with van der Waals surface area (Å²) in [6.45, 7) is 1.32. The van der Waals surface area contributed by atoms with Crippen molar-refractivity contribution in [2.24, 2.45) is 0 Å². The average molecular weight is 503 g/mol. The summed E-state index contributed by atoms with van der Waals surface area (Å²) in [7, 11) is 1.46. The molecule has 0 atom stereocenters. The van der Waals surface area contributed by atoms with Crippen LogP contribution in [0.1, 0.15) is 12.5 Å². The molecule has 0 aliphatic carbocycles. The van der Waals surface area contributed by atoms with Crippen LogP contribution in [-0.2, 0) is 14.4 Å². The first kappa shape index (κ1) is 24.6. The van der Waals surface area contributed by atoms with E-state index in [4.69, 9.17) is 26.4 Å². The zero-order valence-corrected chi connectivity index (χ0v) is 20.3. The number of benzene rings is 3. The fourth-order valence-electron chi connectivity index (χ4n) is 3.42. The summed E-state index contributed by atoms with van der Waals surface area (Å²) in [5.74, 6) is 0.672. The molecule has 1 fully saturated rings. The van der Waals surface area contributed by atoms with Gasteiger partial charge in [-0.15, -0.1) is 0 Å². The first-order valence-electron chi connectivity index (χ1n) is 10.9. The molecular formula is C27H22N2O6S. The van der Waals surface area contributed by atoms with E-state index in [-0.39, 0.29) is 23.1 Å². The molecule has 3 aromatic carbocycles. The fourth-order valence-corrected chi connectivity index (χ4v) is 3.70. The number of hydrogen-bond donors (Lipinski definition) is 1. The number of amides is 2. The van der Waals surface area contributed by atoms with Crippen LogP contribution in [0.2, 0.25) is 0 Å². The van der Waals surface area contributed by atoms with Gasteiger partial charge in [0, 0.05) is 0 Å². The van der Waals surface area contributed by atoms with Crippen LogP contribution in [0.4, 0.5) is 5.69 Å². The number of para-hydroxylation sites is 1. The molecule has 2 amide bonds. The Morgan fingerprint density at radius 3 is 2.33 bits per heavy atom. The van der Waals surface area contributed by atoms with Crippen LogP contribution in [0.3, 0.4) is 0 Å². The number of rotatable bonds is 8. The van der Waals surface area contributed by atoms with E-state index in [1.165, 1.54) is 25.0 Å². The second-order valence-electron chi connectivity index (χ2n) is 7.77. The standard InChI is InChI=1S/C27H22N2O6S/c1-17(30)16-34-23-13-8-18(15-24(23)33-2)14-22-25(31)28-27(36)29(26(22)32)19-9-11-21(12-10-19)35-20-6-4-3-5-7-20/h3-15H,16H2,1-2H3,(H,28,31,36). The number of nitrogens with one attached hydrogen (secondary N) is 1. The van der Waals surface area contributed by atoms with E-state index < -0.39 is 11.8 Å². The van der Waals surface area contributed by atoms with Crippen molar-refractivity contribution in [1.82, 2.24) is 5.32 Å². The van der Waals surface area contributed by atoms with E-state index in [0.717, 1.165) is 0 Å². The van der Waals surface area contributed by atoms with Crippen LogP contribution >= 0.6 is 12.2 Å². The van der Waals surface area contributed by atoms with Crippen molar-refractivity contribution in [2.75, 3.05) is 18.6 Å². The molecule has 1 heterocycles. The molecule has 0 saturated carbocycles. The monoisotopic (exact) mass is 502 g/mol. The van der Waals surface area contributed by atoms with Crippen molar-refractivity contribution >= 4 is 46.7 Å². The van der Waals surface area contributed by atoms with Crippen molar-refractivity contribution in [3.05, 3.63) is 83.9 Å². The van der Waals surface area contributed by atoms with Gasteiger partial charge in [-0.3, -0.25) is 24.6 Å². The predicted molar refractivity (Wildman–Crippen MR) is 138 cm³/mol.